The molecule has 3 saturated heterocycles. The predicted octanol–water partition coefficient (Wildman–Crippen LogP) is 2.81. The van der Waals surface area contributed by atoms with Gasteiger partial charge in [-0.3, -0.25) is 14.4 Å². The molecular weight excluding hydrogens is 450 g/mol. The fourth-order valence-electron chi connectivity index (χ4n) is 7.17. The molecule has 3 heterocycles. The van der Waals surface area contributed by atoms with Crippen molar-refractivity contribution in [2.45, 2.75) is 102 Å². The molecular formula is C26H45N3O4S. The van der Waals surface area contributed by atoms with Crippen LogP contribution in [0.1, 0.15) is 74.7 Å². The molecule has 34 heavy (non-hydrogen) atoms. The molecule has 0 aliphatic carbocycles. The summed E-state index contributed by atoms with van der Waals surface area (Å²) in [7, 11) is 1.61. The summed E-state index contributed by atoms with van der Waals surface area (Å²) in [6.07, 6.45) is 2.37. The normalized spacial score (nSPS) is 34.7. The van der Waals surface area contributed by atoms with E-state index >= 15 is 0 Å². The van der Waals surface area contributed by atoms with Gasteiger partial charge in [0.2, 0.25) is 17.7 Å². The fourth-order valence-corrected chi connectivity index (χ4v) is 9.58. The van der Waals surface area contributed by atoms with Gasteiger partial charge in [-0.25, -0.2) is 0 Å². The summed E-state index contributed by atoms with van der Waals surface area (Å²) in [6, 6.07) is -1.17. The lowest BCUT2D eigenvalue weighted by molar-refractivity contribution is -0.144. The number of rotatable bonds is 8. The Labute approximate surface area is 209 Å². The van der Waals surface area contributed by atoms with Crippen LogP contribution >= 0.6 is 11.8 Å². The Kier molecular flexibility index (Phi) is 7.47. The maximum absolute atomic E-state index is 14.2. The molecule has 3 fully saturated rings. The molecule has 0 aromatic heterocycles. The number of likely N-dealkylation sites (tertiary alicyclic amines) is 1. The molecule has 3 unspecified atom stereocenters. The summed E-state index contributed by atoms with van der Waals surface area (Å²) in [5.74, 6) is -1.29. The Hall–Kier alpha value is -1.28. The zero-order chi connectivity index (χ0) is 25.8. The van der Waals surface area contributed by atoms with Gasteiger partial charge in [0.1, 0.15) is 6.04 Å². The number of fused-ring (bicyclic) bond motifs is 1. The first-order chi connectivity index (χ1) is 15.6. The second-order valence-corrected chi connectivity index (χ2v) is 14.2. The van der Waals surface area contributed by atoms with Crippen LogP contribution in [0.3, 0.4) is 0 Å². The highest BCUT2D eigenvalue weighted by Gasteiger charge is 2.76. The summed E-state index contributed by atoms with van der Waals surface area (Å²) in [5.41, 5.74) is -0.445. The Morgan fingerprint density at radius 1 is 1.24 bits per heavy atom. The molecule has 8 atom stereocenters. The number of aliphatic hydroxyl groups excluding tert-OH is 1. The number of carbonyl (C=O) groups excluding carboxylic acids is 3. The molecule has 0 saturated carbocycles. The fraction of sp³-hybridized carbons (Fsp3) is 0.885. The molecule has 1 spiro atoms. The van der Waals surface area contributed by atoms with Crippen molar-refractivity contribution in [3.63, 3.8) is 0 Å². The van der Waals surface area contributed by atoms with Gasteiger partial charge in [0, 0.05) is 17.8 Å². The van der Waals surface area contributed by atoms with Gasteiger partial charge in [-0.15, -0.1) is 11.8 Å². The highest BCUT2D eigenvalue weighted by molar-refractivity contribution is 8.02. The third-order valence-corrected chi connectivity index (χ3v) is 10.3. The monoisotopic (exact) mass is 495 g/mol. The van der Waals surface area contributed by atoms with Crippen LogP contribution in [0.5, 0.6) is 0 Å². The molecule has 2 bridgehead atoms. The van der Waals surface area contributed by atoms with E-state index in [1.54, 1.807) is 23.7 Å². The van der Waals surface area contributed by atoms with E-state index < -0.39 is 34.2 Å². The largest absolute Gasteiger partial charge is 0.394 e. The number of carbonyl (C=O) groups is 3. The molecule has 0 aromatic rings. The van der Waals surface area contributed by atoms with E-state index in [1.807, 2.05) is 27.7 Å². The van der Waals surface area contributed by atoms with Crippen molar-refractivity contribution < 1.29 is 19.5 Å². The maximum Gasteiger partial charge on any atom is 0.244 e. The smallest absolute Gasteiger partial charge is 0.244 e. The molecule has 3 rings (SSSR count). The summed E-state index contributed by atoms with van der Waals surface area (Å²) >= 11 is 1.67. The van der Waals surface area contributed by atoms with Gasteiger partial charge >= 0.3 is 0 Å². The lowest BCUT2D eigenvalue weighted by Gasteiger charge is -2.43. The summed E-state index contributed by atoms with van der Waals surface area (Å²) in [6.45, 7) is 16.5. The minimum atomic E-state index is -0.713. The minimum absolute atomic E-state index is 0.0192. The summed E-state index contributed by atoms with van der Waals surface area (Å²) < 4.78 is -0.665. The third kappa shape index (κ3) is 4.38. The van der Waals surface area contributed by atoms with Gasteiger partial charge in [0.15, 0.2) is 0 Å². The first kappa shape index (κ1) is 27.3. The van der Waals surface area contributed by atoms with Crippen LogP contribution < -0.4 is 10.6 Å². The van der Waals surface area contributed by atoms with Gasteiger partial charge < -0.3 is 20.6 Å². The SMILES string of the molecule is CC[C@H](C)[C@H](CO)N1C(=O)[C@@H]2[C@@H](C(=O)NC)[C@H]3CC(C)C2(S3)C1C(=O)NC(C)(C)CC(C)(C)C. The molecule has 8 heteroatoms. The first-order valence-corrected chi connectivity index (χ1v) is 13.7. The van der Waals surface area contributed by atoms with Crippen molar-refractivity contribution in [3.8, 4) is 0 Å². The zero-order valence-electron chi connectivity index (χ0n) is 22.4. The second kappa shape index (κ2) is 9.30. The number of hydrogen-bond donors (Lipinski definition) is 3. The zero-order valence-corrected chi connectivity index (χ0v) is 23.2. The Morgan fingerprint density at radius 3 is 2.35 bits per heavy atom. The quantitative estimate of drug-likeness (QED) is 0.481. The van der Waals surface area contributed by atoms with Gasteiger partial charge in [0.05, 0.1) is 29.2 Å². The highest BCUT2D eigenvalue weighted by Crippen LogP contribution is 2.68. The van der Waals surface area contributed by atoms with E-state index in [-0.39, 0.29) is 46.8 Å². The van der Waals surface area contributed by atoms with Crippen molar-refractivity contribution in [1.29, 1.82) is 0 Å². The van der Waals surface area contributed by atoms with Crippen LogP contribution in [0.2, 0.25) is 0 Å². The van der Waals surface area contributed by atoms with Crippen molar-refractivity contribution in [1.82, 2.24) is 15.5 Å². The van der Waals surface area contributed by atoms with E-state index in [0.717, 1.165) is 19.3 Å². The molecule has 194 valence electrons. The van der Waals surface area contributed by atoms with Crippen molar-refractivity contribution >= 4 is 29.5 Å². The lowest BCUT2D eigenvalue weighted by Crippen LogP contribution is -2.62. The van der Waals surface area contributed by atoms with E-state index in [1.165, 1.54) is 0 Å². The van der Waals surface area contributed by atoms with Crippen LogP contribution in [0.4, 0.5) is 0 Å². The second-order valence-electron chi connectivity index (χ2n) is 12.7. The number of amides is 3. The summed E-state index contributed by atoms with van der Waals surface area (Å²) in [5, 5.41) is 16.5. The third-order valence-electron chi connectivity index (χ3n) is 8.26. The van der Waals surface area contributed by atoms with E-state index in [4.69, 9.17) is 0 Å². The first-order valence-electron chi connectivity index (χ1n) is 12.8. The number of hydrogen-bond acceptors (Lipinski definition) is 5. The van der Waals surface area contributed by atoms with Crippen LogP contribution in [0.25, 0.3) is 0 Å². The number of nitrogens with zero attached hydrogens (tertiary/aromatic N) is 1. The average molecular weight is 496 g/mol. The minimum Gasteiger partial charge on any atom is -0.394 e. The molecule has 3 amide bonds. The maximum atomic E-state index is 14.2. The van der Waals surface area contributed by atoms with Crippen molar-refractivity contribution in [3.05, 3.63) is 0 Å². The number of aliphatic hydroxyl groups is 1. The molecule has 0 radical (unpaired) electrons. The standard InChI is InChI=1S/C26H45N3O4S/c1-10-14(2)16(12-30)29-20(22(32)28-25(7,8)13-24(4,5)6)26-15(3)11-17(34-26)18(21(31)27-9)19(26)23(29)33/h14-20,30H,10-13H2,1-9H3,(H,27,31)(H,28,32)/t14-,15?,16-,17+,18-,19-,20?,26?/m0/s1. The predicted molar refractivity (Wildman–Crippen MR) is 136 cm³/mol. The number of thioether (sulfide) groups is 1. The Bertz CT molecular complexity index is 825. The summed E-state index contributed by atoms with van der Waals surface area (Å²) in [4.78, 5) is 42.9. The Balaban J connectivity index is 2.10. The van der Waals surface area contributed by atoms with Crippen LogP contribution in [0, 0.1) is 29.1 Å². The van der Waals surface area contributed by atoms with Gasteiger partial charge in [-0.1, -0.05) is 48.0 Å². The molecule has 3 aliphatic heterocycles. The molecule has 7 nitrogen and oxygen atoms in total. The van der Waals surface area contributed by atoms with E-state index in [2.05, 4.69) is 38.3 Å². The topological polar surface area (TPSA) is 98.7 Å². The molecule has 3 aliphatic rings. The van der Waals surface area contributed by atoms with E-state index in [0.29, 0.717) is 0 Å². The van der Waals surface area contributed by atoms with Crippen LogP contribution in [-0.4, -0.2) is 69.0 Å². The molecule has 0 aromatic carbocycles. The van der Waals surface area contributed by atoms with Crippen molar-refractivity contribution in [2.24, 2.45) is 29.1 Å². The molecule has 3 N–H and O–H groups in total. The van der Waals surface area contributed by atoms with E-state index in [9.17, 15) is 19.5 Å². The van der Waals surface area contributed by atoms with Crippen LogP contribution in [-0.2, 0) is 14.4 Å². The average Bonchev–Trinajstić information content (AvgIpc) is 3.29. The number of nitrogens with one attached hydrogen (secondary N) is 2. The Morgan fingerprint density at radius 2 is 1.85 bits per heavy atom. The van der Waals surface area contributed by atoms with Crippen molar-refractivity contribution in [2.75, 3.05) is 13.7 Å². The van der Waals surface area contributed by atoms with Gasteiger partial charge in [-0.05, 0) is 43.9 Å². The van der Waals surface area contributed by atoms with Crippen LogP contribution in [0.15, 0.2) is 0 Å². The lowest BCUT2D eigenvalue weighted by atomic mass is 9.65. The van der Waals surface area contributed by atoms with Gasteiger partial charge in [0.25, 0.3) is 0 Å². The van der Waals surface area contributed by atoms with Gasteiger partial charge in [-0.2, -0.15) is 0 Å². The highest BCUT2D eigenvalue weighted by atomic mass is 32.2.